The van der Waals surface area contributed by atoms with Gasteiger partial charge in [-0.15, -0.1) is 0 Å². The Balaban J connectivity index is 1.42. The minimum absolute atomic E-state index is 0.373. The Kier molecular flexibility index (Phi) is 4.79. The van der Waals surface area contributed by atoms with E-state index in [1.54, 1.807) is 0 Å². The molecule has 110 valence electrons. The van der Waals surface area contributed by atoms with Crippen LogP contribution in [0.5, 0.6) is 0 Å². The summed E-state index contributed by atoms with van der Waals surface area (Å²) in [6, 6.07) is 9.39. The Bertz CT molecular complexity index is 444. The van der Waals surface area contributed by atoms with E-state index in [0.717, 1.165) is 12.5 Å². The molecule has 2 aliphatic carbocycles. The lowest BCUT2D eigenvalue weighted by atomic mass is 9.75. The molecule has 0 bridgehead atoms. The van der Waals surface area contributed by atoms with Crippen LogP contribution in [0.2, 0.25) is 0 Å². The second kappa shape index (κ2) is 6.59. The molecular formula is C17H24BrNO. The highest BCUT2D eigenvalue weighted by Gasteiger charge is 2.32. The molecule has 3 rings (SSSR count). The largest absolute Gasteiger partial charge is 0.396 e. The fourth-order valence-electron chi connectivity index (χ4n) is 3.76. The van der Waals surface area contributed by atoms with Gasteiger partial charge in [-0.3, -0.25) is 0 Å². The van der Waals surface area contributed by atoms with Crippen molar-refractivity contribution in [3.8, 4) is 0 Å². The van der Waals surface area contributed by atoms with Crippen LogP contribution in [0.15, 0.2) is 28.7 Å². The zero-order chi connectivity index (χ0) is 13.9. The molecule has 2 fully saturated rings. The molecule has 20 heavy (non-hydrogen) atoms. The van der Waals surface area contributed by atoms with E-state index in [1.807, 2.05) is 0 Å². The lowest BCUT2D eigenvalue weighted by Crippen LogP contribution is -2.42. The van der Waals surface area contributed by atoms with Gasteiger partial charge in [0.15, 0.2) is 0 Å². The standard InChI is InChI=1S/C17H24BrNO/c18-16-6-2-3-12(7-16)15-8-17(9-15)19-10-13-4-1-5-14(13)11-20/h2-3,6-7,13-15,17,19-20H,1,4-5,8-11H2. The van der Waals surface area contributed by atoms with Crippen molar-refractivity contribution in [3.63, 3.8) is 0 Å². The third-order valence-corrected chi connectivity index (χ3v) is 5.67. The molecule has 0 saturated heterocycles. The molecule has 0 amide bonds. The molecule has 0 heterocycles. The van der Waals surface area contributed by atoms with Crippen LogP contribution in [-0.4, -0.2) is 24.3 Å². The van der Waals surface area contributed by atoms with Crippen LogP contribution in [0.4, 0.5) is 0 Å². The normalized spacial score (nSPS) is 33.1. The Morgan fingerprint density at radius 1 is 1.20 bits per heavy atom. The number of benzene rings is 1. The summed E-state index contributed by atoms with van der Waals surface area (Å²) in [5, 5.41) is 13.1. The summed E-state index contributed by atoms with van der Waals surface area (Å²) in [5.74, 6) is 1.97. The quantitative estimate of drug-likeness (QED) is 0.858. The number of rotatable bonds is 5. The first-order chi connectivity index (χ1) is 9.76. The number of halogens is 1. The molecule has 2 aliphatic rings. The molecule has 2 N–H and O–H groups in total. The van der Waals surface area contributed by atoms with Gasteiger partial charge in [-0.1, -0.05) is 34.5 Å². The van der Waals surface area contributed by atoms with E-state index < -0.39 is 0 Å². The maximum absolute atomic E-state index is 9.36. The summed E-state index contributed by atoms with van der Waals surface area (Å²) in [4.78, 5) is 0. The molecule has 1 aromatic carbocycles. The first-order valence-electron chi connectivity index (χ1n) is 7.86. The summed E-state index contributed by atoms with van der Waals surface area (Å²) < 4.78 is 1.18. The summed E-state index contributed by atoms with van der Waals surface area (Å²) in [5.41, 5.74) is 1.46. The number of aliphatic hydroxyl groups excluding tert-OH is 1. The van der Waals surface area contributed by atoms with Gasteiger partial charge >= 0.3 is 0 Å². The predicted octanol–water partition coefficient (Wildman–Crippen LogP) is 3.69. The van der Waals surface area contributed by atoms with E-state index >= 15 is 0 Å². The Labute approximate surface area is 130 Å². The molecule has 2 saturated carbocycles. The zero-order valence-corrected chi connectivity index (χ0v) is 13.5. The van der Waals surface area contributed by atoms with E-state index in [1.165, 1.54) is 42.1 Å². The first kappa shape index (κ1) is 14.6. The zero-order valence-electron chi connectivity index (χ0n) is 11.9. The molecule has 0 aromatic heterocycles. The average Bonchev–Trinajstić information content (AvgIpc) is 2.84. The summed E-state index contributed by atoms with van der Waals surface area (Å²) in [7, 11) is 0. The Morgan fingerprint density at radius 2 is 2.00 bits per heavy atom. The predicted molar refractivity (Wildman–Crippen MR) is 85.8 cm³/mol. The average molecular weight is 338 g/mol. The van der Waals surface area contributed by atoms with Crippen molar-refractivity contribution in [1.82, 2.24) is 5.32 Å². The molecule has 0 spiro atoms. The molecule has 2 atom stereocenters. The molecule has 2 nitrogen and oxygen atoms in total. The van der Waals surface area contributed by atoms with Gasteiger partial charge in [0.2, 0.25) is 0 Å². The van der Waals surface area contributed by atoms with Gasteiger partial charge in [0, 0.05) is 17.1 Å². The maximum atomic E-state index is 9.36. The monoisotopic (exact) mass is 337 g/mol. The van der Waals surface area contributed by atoms with Crippen molar-refractivity contribution in [1.29, 1.82) is 0 Å². The van der Waals surface area contributed by atoms with Gasteiger partial charge in [-0.05, 0) is 67.7 Å². The lowest BCUT2D eigenvalue weighted by Gasteiger charge is -2.37. The van der Waals surface area contributed by atoms with Crippen LogP contribution < -0.4 is 5.32 Å². The van der Waals surface area contributed by atoms with Crippen molar-refractivity contribution >= 4 is 15.9 Å². The van der Waals surface area contributed by atoms with Gasteiger partial charge in [-0.25, -0.2) is 0 Å². The Morgan fingerprint density at radius 3 is 2.75 bits per heavy atom. The van der Waals surface area contributed by atoms with Crippen LogP contribution in [0, 0.1) is 11.8 Å². The highest BCUT2D eigenvalue weighted by Crippen LogP contribution is 2.38. The fourth-order valence-corrected chi connectivity index (χ4v) is 4.17. The van der Waals surface area contributed by atoms with Gasteiger partial charge in [0.1, 0.15) is 0 Å². The van der Waals surface area contributed by atoms with E-state index in [9.17, 15) is 5.11 Å². The van der Waals surface area contributed by atoms with E-state index in [0.29, 0.717) is 24.5 Å². The molecule has 1 aromatic rings. The highest BCUT2D eigenvalue weighted by atomic mass is 79.9. The van der Waals surface area contributed by atoms with Crippen LogP contribution in [-0.2, 0) is 0 Å². The summed E-state index contributed by atoms with van der Waals surface area (Å²) in [6.45, 7) is 1.47. The van der Waals surface area contributed by atoms with Crippen LogP contribution in [0.3, 0.4) is 0 Å². The van der Waals surface area contributed by atoms with Crippen molar-refractivity contribution in [3.05, 3.63) is 34.3 Å². The van der Waals surface area contributed by atoms with Crippen molar-refractivity contribution in [2.24, 2.45) is 11.8 Å². The summed E-state index contributed by atoms with van der Waals surface area (Å²) >= 11 is 3.55. The smallest absolute Gasteiger partial charge is 0.0462 e. The SMILES string of the molecule is OCC1CCCC1CNC1CC(c2cccc(Br)c2)C1. The third kappa shape index (κ3) is 3.26. The highest BCUT2D eigenvalue weighted by molar-refractivity contribution is 9.10. The fraction of sp³-hybridized carbons (Fsp3) is 0.647. The number of hydrogen-bond acceptors (Lipinski definition) is 2. The topological polar surface area (TPSA) is 32.3 Å². The van der Waals surface area contributed by atoms with E-state index in [4.69, 9.17) is 0 Å². The number of hydrogen-bond donors (Lipinski definition) is 2. The first-order valence-corrected chi connectivity index (χ1v) is 8.65. The molecular weight excluding hydrogens is 314 g/mol. The van der Waals surface area contributed by atoms with Crippen molar-refractivity contribution in [2.75, 3.05) is 13.2 Å². The second-order valence-corrected chi connectivity index (χ2v) is 7.38. The van der Waals surface area contributed by atoms with Gasteiger partial charge in [-0.2, -0.15) is 0 Å². The maximum Gasteiger partial charge on any atom is 0.0462 e. The molecule has 0 radical (unpaired) electrons. The van der Waals surface area contributed by atoms with Crippen molar-refractivity contribution in [2.45, 2.75) is 44.1 Å². The molecule has 3 heteroatoms. The van der Waals surface area contributed by atoms with Gasteiger partial charge < -0.3 is 10.4 Å². The van der Waals surface area contributed by atoms with Crippen LogP contribution in [0.25, 0.3) is 0 Å². The van der Waals surface area contributed by atoms with Crippen LogP contribution in [0.1, 0.15) is 43.6 Å². The Hall–Kier alpha value is -0.380. The van der Waals surface area contributed by atoms with Crippen molar-refractivity contribution < 1.29 is 5.11 Å². The van der Waals surface area contributed by atoms with E-state index in [2.05, 4.69) is 45.5 Å². The van der Waals surface area contributed by atoms with E-state index in [-0.39, 0.29) is 0 Å². The molecule has 0 aliphatic heterocycles. The van der Waals surface area contributed by atoms with Gasteiger partial charge in [0.25, 0.3) is 0 Å². The minimum atomic E-state index is 0.373. The second-order valence-electron chi connectivity index (χ2n) is 6.46. The lowest BCUT2D eigenvalue weighted by molar-refractivity contribution is 0.182. The number of nitrogens with one attached hydrogen (secondary N) is 1. The van der Waals surface area contributed by atoms with Crippen LogP contribution >= 0.6 is 15.9 Å². The minimum Gasteiger partial charge on any atom is -0.396 e. The number of aliphatic hydroxyl groups is 1. The third-order valence-electron chi connectivity index (χ3n) is 5.18. The molecule has 2 unspecified atom stereocenters. The van der Waals surface area contributed by atoms with Gasteiger partial charge in [0.05, 0.1) is 0 Å². The summed E-state index contributed by atoms with van der Waals surface area (Å²) in [6.07, 6.45) is 6.32.